The molecule has 9 heteroatoms. The van der Waals surface area contributed by atoms with Crippen LogP contribution in [0.3, 0.4) is 0 Å². The van der Waals surface area contributed by atoms with Gasteiger partial charge in [-0.25, -0.2) is 4.79 Å². The standard InChI is InChI=1S/C6H12O6.C5H10O3/c7-1-3(9)5(11)6(12)4(10)2-8;1-3-8-5(7)4(2)6/h1,3-6,8-12H,2H2;4,6H,3H2,1-2H3/t3-,4+,5+,6+;/m0./s1. The minimum absolute atomic E-state index is 0.0258. The first-order chi connectivity index (χ1) is 9.22. The number of rotatable bonds is 7. The quantitative estimate of drug-likeness (QED) is 0.207. The van der Waals surface area contributed by atoms with Crippen molar-refractivity contribution in [1.82, 2.24) is 0 Å². The van der Waals surface area contributed by atoms with E-state index >= 15 is 0 Å². The summed E-state index contributed by atoms with van der Waals surface area (Å²) < 4.78 is 4.41. The maximum atomic E-state index is 10.3. The molecular weight excluding hydrogens is 276 g/mol. The first-order valence-electron chi connectivity index (χ1n) is 5.85. The summed E-state index contributed by atoms with van der Waals surface area (Å²) in [7, 11) is 0. The van der Waals surface area contributed by atoms with Gasteiger partial charge in [-0.1, -0.05) is 0 Å². The van der Waals surface area contributed by atoms with Crippen LogP contribution in [0.2, 0.25) is 0 Å². The molecule has 20 heavy (non-hydrogen) atoms. The van der Waals surface area contributed by atoms with Crippen LogP contribution in [0.25, 0.3) is 0 Å². The Morgan fingerprint density at radius 2 is 1.65 bits per heavy atom. The Balaban J connectivity index is 0. The summed E-state index contributed by atoms with van der Waals surface area (Å²) in [5.74, 6) is -0.562. The molecule has 0 spiro atoms. The van der Waals surface area contributed by atoms with Crippen molar-refractivity contribution in [3.63, 3.8) is 0 Å². The van der Waals surface area contributed by atoms with E-state index in [1.807, 2.05) is 0 Å². The fourth-order valence-corrected chi connectivity index (χ4v) is 0.881. The molecule has 0 aromatic rings. The molecule has 6 N–H and O–H groups in total. The molecule has 0 aromatic heterocycles. The highest BCUT2D eigenvalue weighted by molar-refractivity contribution is 5.73. The number of aliphatic hydroxyl groups is 6. The minimum Gasteiger partial charge on any atom is -0.464 e. The van der Waals surface area contributed by atoms with Crippen LogP contribution in [-0.4, -0.2) is 86.6 Å². The molecule has 0 amide bonds. The second-order valence-corrected chi connectivity index (χ2v) is 3.79. The van der Waals surface area contributed by atoms with Gasteiger partial charge in [0.25, 0.3) is 0 Å². The number of carbonyl (C=O) groups is 2. The van der Waals surface area contributed by atoms with Crippen LogP contribution in [0.4, 0.5) is 0 Å². The molecule has 0 aliphatic heterocycles. The Bertz CT molecular complexity index is 269. The third kappa shape index (κ3) is 8.91. The van der Waals surface area contributed by atoms with Gasteiger partial charge in [0.1, 0.15) is 30.5 Å². The highest BCUT2D eigenvalue weighted by atomic mass is 16.5. The van der Waals surface area contributed by atoms with Crippen molar-refractivity contribution in [2.24, 2.45) is 0 Å². The molecule has 0 rings (SSSR count). The van der Waals surface area contributed by atoms with E-state index in [9.17, 15) is 9.59 Å². The minimum atomic E-state index is -1.79. The summed E-state index contributed by atoms with van der Waals surface area (Å²) in [5.41, 5.74) is 0. The lowest BCUT2D eigenvalue weighted by atomic mass is 10.0. The summed E-state index contributed by atoms with van der Waals surface area (Å²) in [5, 5.41) is 52.0. The molecule has 0 saturated carbocycles. The number of ether oxygens (including phenoxy) is 1. The molecule has 120 valence electrons. The van der Waals surface area contributed by atoms with Crippen LogP contribution >= 0.6 is 0 Å². The summed E-state index contributed by atoms with van der Waals surface area (Å²) in [6, 6.07) is 0. The molecule has 0 aliphatic rings. The molecule has 0 saturated heterocycles. The van der Waals surface area contributed by atoms with Crippen molar-refractivity contribution < 1.29 is 45.0 Å². The Kier molecular flexibility index (Phi) is 12.4. The number of esters is 1. The predicted molar refractivity (Wildman–Crippen MR) is 65.5 cm³/mol. The third-order valence-corrected chi connectivity index (χ3v) is 2.05. The molecule has 5 atom stereocenters. The second-order valence-electron chi connectivity index (χ2n) is 3.79. The summed E-state index contributed by atoms with van der Waals surface area (Å²) in [4.78, 5) is 20.2. The molecule has 0 heterocycles. The largest absolute Gasteiger partial charge is 0.464 e. The third-order valence-electron chi connectivity index (χ3n) is 2.05. The molecular formula is C11H22O9. The smallest absolute Gasteiger partial charge is 0.334 e. The first-order valence-corrected chi connectivity index (χ1v) is 5.85. The van der Waals surface area contributed by atoms with Gasteiger partial charge in [-0.2, -0.15) is 0 Å². The number of hydrogen-bond acceptors (Lipinski definition) is 9. The Labute approximate surface area is 116 Å². The van der Waals surface area contributed by atoms with E-state index in [-0.39, 0.29) is 6.29 Å². The van der Waals surface area contributed by atoms with Gasteiger partial charge in [0, 0.05) is 0 Å². The van der Waals surface area contributed by atoms with Crippen LogP contribution < -0.4 is 0 Å². The van der Waals surface area contributed by atoms with E-state index in [0.717, 1.165) is 0 Å². The van der Waals surface area contributed by atoms with E-state index in [1.165, 1.54) is 6.92 Å². The lowest BCUT2D eigenvalue weighted by molar-refractivity contribution is -0.151. The molecule has 0 aromatic carbocycles. The SMILES string of the molecule is CCOC(=O)C(C)O.O=C[C@H](O)[C@@H](O)[C@H](O)[C@H](O)CO. The Morgan fingerprint density at radius 1 is 1.15 bits per heavy atom. The number of aliphatic hydroxyl groups excluding tert-OH is 6. The van der Waals surface area contributed by atoms with E-state index in [1.54, 1.807) is 6.92 Å². The second kappa shape index (κ2) is 11.7. The van der Waals surface area contributed by atoms with Gasteiger partial charge >= 0.3 is 5.97 Å². The molecule has 9 nitrogen and oxygen atoms in total. The fourth-order valence-electron chi connectivity index (χ4n) is 0.881. The van der Waals surface area contributed by atoms with Gasteiger partial charge < -0.3 is 40.2 Å². The van der Waals surface area contributed by atoms with Crippen LogP contribution in [0.1, 0.15) is 13.8 Å². The maximum Gasteiger partial charge on any atom is 0.334 e. The van der Waals surface area contributed by atoms with Gasteiger partial charge in [0.15, 0.2) is 6.29 Å². The van der Waals surface area contributed by atoms with Crippen molar-refractivity contribution in [2.45, 2.75) is 44.4 Å². The van der Waals surface area contributed by atoms with Crippen molar-refractivity contribution in [3.05, 3.63) is 0 Å². The zero-order valence-corrected chi connectivity index (χ0v) is 11.3. The predicted octanol–water partition coefficient (Wildman–Crippen LogP) is -3.45. The summed E-state index contributed by atoms with van der Waals surface area (Å²) in [6.07, 6.45) is -7.83. The average Bonchev–Trinajstić information content (AvgIpc) is 2.44. The van der Waals surface area contributed by atoms with Crippen molar-refractivity contribution in [1.29, 1.82) is 0 Å². The normalized spacial score (nSPS) is 17.8. The van der Waals surface area contributed by atoms with Gasteiger partial charge in [0.05, 0.1) is 13.2 Å². The van der Waals surface area contributed by atoms with E-state index in [0.29, 0.717) is 6.61 Å². The van der Waals surface area contributed by atoms with E-state index in [4.69, 9.17) is 30.6 Å². The van der Waals surface area contributed by atoms with Gasteiger partial charge in [0.2, 0.25) is 0 Å². The van der Waals surface area contributed by atoms with Crippen LogP contribution in [0.5, 0.6) is 0 Å². The van der Waals surface area contributed by atoms with Crippen LogP contribution in [-0.2, 0) is 14.3 Å². The first kappa shape index (κ1) is 21.2. The topological polar surface area (TPSA) is 165 Å². The van der Waals surface area contributed by atoms with E-state index < -0.39 is 43.1 Å². The van der Waals surface area contributed by atoms with Crippen molar-refractivity contribution >= 4 is 12.3 Å². The van der Waals surface area contributed by atoms with Gasteiger partial charge in [-0.3, -0.25) is 0 Å². The highest BCUT2D eigenvalue weighted by Gasteiger charge is 2.29. The monoisotopic (exact) mass is 298 g/mol. The van der Waals surface area contributed by atoms with Gasteiger partial charge in [-0.15, -0.1) is 0 Å². The summed E-state index contributed by atoms with van der Waals surface area (Å²) >= 11 is 0. The lowest BCUT2D eigenvalue weighted by Crippen LogP contribution is -2.46. The molecule has 1 unspecified atom stereocenters. The van der Waals surface area contributed by atoms with Crippen LogP contribution in [0.15, 0.2) is 0 Å². The zero-order valence-electron chi connectivity index (χ0n) is 11.3. The molecule has 0 fully saturated rings. The molecule has 0 radical (unpaired) electrons. The molecule has 0 bridgehead atoms. The fraction of sp³-hybridized carbons (Fsp3) is 0.818. The van der Waals surface area contributed by atoms with Crippen molar-refractivity contribution in [2.75, 3.05) is 13.2 Å². The Morgan fingerprint density at radius 3 is 1.90 bits per heavy atom. The highest BCUT2D eigenvalue weighted by Crippen LogP contribution is 2.02. The molecule has 0 aliphatic carbocycles. The van der Waals surface area contributed by atoms with Crippen molar-refractivity contribution in [3.8, 4) is 0 Å². The van der Waals surface area contributed by atoms with E-state index in [2.05, 4.69) is 4.74 Å². The van der Waals surface area contributed by atoms with Gasteiger partial charge in [-0.05, 0) is 13.8 Å². The maximum absolute atomic E-state index is 10.3. The average molecular weight is 298 g/mol. The summed E-state index contributed by atoms with van der Waals surface area (Å²) in [6.45, 7) is 2.63. The number of carbonyl (C=O) groups excluding carboxylic acids is 2. The number of aldehydes is 1. The van der Waals surface area contributed by atoms with Crippen LogP contribution in [0, 0.1) is 0 Å². The Hall–Kier alpha value is -1.10. The zero-order chi connectivity index (χ0) is 16.3. The number of hydrogen-bond donors (Lipinski definition) is 6. The lowest BCUT2D eigenvalue weighted by Gasteiger charge is -2.22.